The largest absolute Gasteiger partial charge is 0.467 e. The Kier molecular flexibility index (Phi) is 5.03. The van der Waals surface area contributed by atoms with Crippen molar-refractivity contribution < 1.29 is 19.4 Å². The molecule has 1 aromatic heterocycles. The third-order valence-corrected chi connectivity index (χ3v) is 7.66. The first-order valence-corrected chi connectivity index (χ1v) is 11.8. The predicted molar refractivity (Wildman–Crippen MR) is 125 cm³/mol. The number of carbonyl (C=O) groups excluding carboxylic acids is 1. The number of piperidine rings is 1. The van der Waals surface area contributed by atoms with Gasteiger partial charge in [0.1, 0.15) is 6.61 Å². The monoisotopic (exact) mass is 457 g/mol. The van der Waals surface area contributed by atoms with Crippen LogP contribution in [0.3, 0.4) is 0 Å². The van der Waals surface area contributed by atoms with E-state index in [-0.39, 0.29) is 30.1 Å². The number of fused-ring (bicyclic) bond motifs is 5. The molecule has 3 heterocycles. The van der Waals surface area contributed by atoms with Crippen LogP contribution in [-0.4, -0.2) is 51.9 Å². The van der Waals surface area contributed by atoms with E-state index in [1.165, 1.54) is 29.4 Å². The van der Waals surface area contributed by atoms with E-state index in [1.807, 2.05) is 29.2 Å². The highest BCUT2D eigenvalue weighted by molar-refractivity contribution is 5.79. The van der Waals surface area contributed by atoms with Crippen LogP contribution in [0.1, 0.15) is 48.3 Å². The zero-order valence-electron chi connectivity index (χ0n) is 19.1. The molecule has 3 aromatic rings. The molecular formula is C27H27N3O4. The summed E-state index contributed by atoms with van der Waals surface area (Å²) < 4.78 is 11.0. The lowest BCUT2D eigenvalue weighted by atomic mass is 9.82. The maximum absolute atomic E-state index is 13.3. The topological polar surface area (TPSA) is 84.8 Å². The van der Waals surface area contributed by atoms with Crippen molar-refractivity contribution in [2.75, 3.05) is 13.7 Å². The maximum Gasteiger partial charge on any atom is 0.410 e. The quantitative estimate of drug-likeness (QED) is 0.631. The lowest BCUT2D eigenvalue weighted by Crippen LogP contribution is -2.52. The van der Waals surface area contributed by atoms with Gasteiger partial charge < -0.3 is 19.5 Å². The second-order valence-corrected chi connectivity index (χ2v) is 9.49. The van der Waals surface area contributed by atoms with Crippen LogP contribution in [0.15, 0.2) is 60.9 Å². The third-order valence-electron chi connectivity index (χ3n) is 7.66. The molecule has 1 amide bonds. The molecule has 2 fully saturated rings. The molecule has 7 nitrogen and oxygen atoms in total. The fourth-order valence-electron chi connectivity index (χ4n) is 6.09. The SMILES string of the molecule is COc1ncc(C2(O)CC3CCC(C2)N3C(=O)OCC2c3ccccc3-c3ccccc32)cn1. The van der Waals surface area contributed by atoms with Gasteiger partial charge in [-0.15, -0.1) is 0 Å². The molecule has 2 saturated heterocycles. The van der Waals surface area contributed by atoms with Crippen LogP contribution < -0.4 is 4.74 Å². The van der Waals surface area contributed by atoms with Crippen LogP contribution in [0.25, 0.3) is 11.1 Å². The van der Waals surface area contributed by atoms with E-state index in [0.717, 1.165) is 12.8 Å². The Labute approximate surface area is 198 Å². The van der Waals surface area contributed by atoms with E-state index in [2.05, 4.69) is 34.2 Å². The average Bonchev–Trinajstić information content (AvgIpc) is 3.34. The van der Waals surface area contributed by atoms with Gasteiger partial charge in [0.05, 0.1) is 12.7 Å². The smallest absolute Gasteiger partial charge is 0.410 e. The standard InChI is InChI=1S/C27H27N3O4/c1-33-25-28-14-17(15-29-25)27(32)12-18-10-11-19(13-27)30(18)26(31)34-16-24-22-8-4-2-6-20(22)21-7-3-5-9-23(21)24/h2-9,14-15,18-19,24,32H,10-13,16H2,1H3. The fourth-order valence-corrected chi connectivity index (χ4v) is 6.09. The Balaban J connectivity index is 1.17. The second-order valence-electron chi connectivity index (χ2n) is 9.49. The number of hydrogen-bond acceptors (Lipinski definition) is 6. The van der Waals surface area contributed by atoms with E-state index in [0.29, 0.717) is 25.0 Å². The Bertz CT molecular complexity index is 1170. The minimum atomic E-state index is -1.06. The molecular weight excluding hydrogens is 430 g/mol. The van der Waals surface area contributed by atoms with E-state index in [1.54, 1.807) is 12.4 Å². The second kappa shape index (κ2) is 8.09. The lowest BCUT2D eigenvalue weighted by Gasteiger charge is -2.43. The molecule has 1 N–H and O–H groups in total. The van der Waals surface area contributed by atoms with Crippen molar-refractivity contribution in [1.82, 2.24) is 14.9 Å². The molecule has 7 heteroatoms. The highest BCUT2D eigenvalue weighted by Gasteiger charge is 2.51. The summed E-state index contributed by atoms with van der Waals surface area (Å²) >= 11 is 0. The summed E-state index contributed by atoms with van der Waals surface area (Å²) in [5.74, 6) is 0.0344. The summed E-state index contributed by atoms with van der Waals surface area (Å²) in [4.78, 5) is 23.4. The van der Waals surface area contributed by atoms with Crippen LogP contribution >= 0.6 is 0 Å². The molecule has 34 heavy (non-hydrogen) atoms. The van der Waals surface area contributed by atoms with Crippen molar-refractivity contribution in [2.24, 2.45) is 0 Å². The number of ether oxygens (including phenoxy) is 2. The number of benzene rings is 2. The zero-order valence-corrected chi connectivity index (χ0v) is 19.1. The van der Waals surface area contributed by atoms with Gasteiger partial charge in [0, 0.05) is 48.8 Å². The number of hydrogen-bond donors (Lipinski definition) is 1. The van der Waals surface area contributed by atoms with Gasteiger partial charge in [-0.3, -0.25) is 0 Å². The Morgan fingerprint density at radius 3 is 2.12 bits per heavy atom. The Morgan fingerprint density at radius 1 is 1.00 bits per heavy atom. The fraction of sp³-hybridized carbons (Fsp3) is 0.370. The summed E-state index contributed by atoms with van der Waals surface area (Å²) in [5, 5.41) is 11.4. The van der Waals surface area contributed by atoms with Gasteiger partial charge in [-0.05, 0) is 35.1 Å². The minimum Gasteiger partial charge on any atom is -0.467 e. The predicted octanol–water partition coefficient (Wildman–Crippen LogP) is 4.25. The summed E-state index contributed by atoms with van der Waals surface area (Å²) in [6.45, 7) is 0.305. The van der Waals surface area contributed by atoms with Crippen LogP contribution in [0.2, 0.25) is 0 Å². The first-order valence-electron chi connectivity index (χ1n) is 11.8. The number of aromatic nitrogens is 2. The van der Waals surface area contributed by atoms with Gasteiger partial charge in [0.25, 0.3) is 0 Å². The number of aliphatic hydroxyl groups is 1. The molecule has 174 valence electrons. The molecule has 0 radical (unpaired) electrons. The van der Waals surface area contributed by atoms with E-state index in [9.17, 15) is 9.90 Å². The normalized spacial score (nSPS) is 25.1. The molecule has 2 atom stereocenters. The van der Waals surface area contributed by atoms with Gasteiger partial charge in [0.15, 0.2) is 0 Å². The third kappa shape index (κ3) is 3.34. The first-order chi connectivity index (χ1) is 16.6. The molecule has 6 rings (SSSR count). The van der Waals surface area contributed by atoms with Gasteiger partial charge >= 0.3 is 12.1 Å². The highest BCUT2D eigenvalue weighted by atomic mass is 16.6. The molecule has 2 bridgehead atoms. The number of carbonyl (C=O) groups is 1. The number of nitrogens with zero attached hydrogens (tertiary/aromatic N) is 3. The van der Waals surface area contributed by atoms with Crippen molar-refractivity contribution in [3.8, 4) is 17.1 Å². The van der Waals surface area contributed by atoms with Crippen molar-refractivity contribution in [1.29, 1.82) is 0 Å². The Morgan fingerprint density at radius 2 is 1.56 bits per heavy atom. The van der Waals surface area contributed by atoms with Crippen LogP contribution in [-0.2, 0) is 10.3 Å². The van der Waals surface area contributed by atoms with Gasteiger partial charge in [0.2, 0.25) is 0 Å². The molecule has 0 spiro atoms. The van der Waals surface area contributed by atoms with Gasteiger partial charge in [-0.2, -0.15) is 0 Å². The van der Waals surface area contributed by atoms with Crippen molar-refractivity contribution >= 4 is 6.09 Å². The number of amides is 1. The molecule has 3 aliphatic rings. The van der Waals surface area contributed by atoms with Crippen molar-refractivity contribution in [2.45, 2.75) is 49.3 Å². The van der Waals surface area contributed by atoms with Gasteiger partial charge in [-0.25, -0.2) is 14.8 Å². The number of methoxy groups -OCH3 is 1. The van der Waals surface area contributed by atoms with Crippen LogP contribution in [0.4, 0.5) is 4.79 Å². The zero-order chi connectivity index (χ0) is 23.3. The highest BCUT2D eigenvalue weighted by Crippen LogP contribution is 2.47. The van der Waals surface area contributed by atoms with Crippen molar-refractivity contribution in [3.63, 3.8) is 0 Å². The Hall–Kier alpha value is -3.45. The summed E-state index contributed by atoms with van der Waals surface area (Å²) in [7, 11) is 1.51. The van der Waals surface area contributed by atoms with E-state index in [4.69, 9.17) is 9.47 Å². The minimum absolute atomic E-state index is 0.0344. The number of rotatable bonds is 4. The molecule has 2 unspecified atom stereocenters. The average molecular weight is 458 g/mol. The summed E-state index contributed by atoms with van der Waals surface area (Å²) in [6.07, 6.45) is 5.56. The van der Waals surface area contributed by atoms with Crippen molar-refractivity contribution in [3.05, 3.63) is 77.6 Å². The molecule has 0 saturated carbocycles. The first kappa shape index (κ1) is 21.1. The molecule has 2 aromatic carbocycles. The van der Waals surface area contributed by atoms with Crippen LogP contribution in [0, 0.1) is 0 Å². The summed E-state index contributed by atoms with van der Waals surface area (Å²) in [6, 6.07) is 16.8. The lowest BCUT2D eigenvalue weighted by molar-refractivity contribution is -0.0535. The van der Waals surface area contributed by atoms with E-state index >= 15 is 0 Å². The summed E-state index contributed by atoms with van der Waals surface area (Å²) in [5.41, 5.74) is 4.43. The van der Waals surface area contributed by atoms with E-state index < -0.39 is 5.60 Å². The molecule has 2 aliphatic heterocycles. The molecule has 1 aliphatic carbocycles. The maximum atomic E-state index is 13.3. The van der Waals surface area contributed by atoms with Crippen LogP contribution in [0.5, 0.6) is 6.01 Å². The van der Waals surface area contributed by atoms with Gasteiger partial charge in [-0.1, -0.05) is 48.5 Å².